The predicted octanol–water partition coefficient (Wildman–Crippen LogP) is 5.97. The third kappa shape index (κ3) is 7.28. The number of hydrogen-bond acceptors (Lipinski definition) is 8. The van der Waals surface area contributed by atoms with Crippen molar-refractivity contribution in [3.8, 4) is 11.5 Å². The molecule has 4 heterocycles. The molecule has 9 nitrogen and oxygen atoms in total. The number of carbonyl (C=O) groups excluding carboxylic acids is 1. The summed E-state index contributed by atoms with van der Waals surface area (Å²) < 4.78 is 20.9. The number of rotatable bonds is 12. The van der Waals surface area contributed by atoms with Crippen molar-refractivity contribution in [3.05, 3.63) is 118 Å². The Balaban J connectivity index is 0.000000164. The Morgan fingerprint density at radius 1 is 0.585 bits per heavy atom. The van der Waals surface area contributed by atoms with Crippen LogP contribution in [0.15, 0.2) is 84.9 Å². The minimum absolute atomic E-state index is 0.215. The van der Waals surface area contributed by atoms with Gasteiger partial charge in [-0.3, -0.25) is 14.6 Å². The van der Waals surface area contributed by atoms with Crippen LogP contribution >= 0.6 is 0 Å². The average molecular weight is 719 g/mol. The van der Waals surface area contributed by atoms with Gasteiger partial charge >= 0.3 is 0 Å². The molecule has 280 valence electrons. The highest BCUT2D eigenvalue weighted by atomic mass is 16.5. The highest BCUT2D eigenvalue weighted by Crippen LogP contribution is 2.49. The van der Waals surface area contributed by atoms with Crippen molar-refractivity contribution in [3.63, 3.8) is 0 Å². The SMILES string of the molecule is COCCN1CC2(C1)C(=O)N(Cc1ccc(OC)cc1)c1cc(C)ccc12.COCCN1CC2(C1)CN(Cc1ccc(OC)cc1)c1cc(C)ccc12. The van der Waals surface area contributed by atoms with Crippen molar-refractivity contribution in [2.24, 2.45) is 0 Å². The summed E-state index contributed by atoms with van der Waals surface area (Å²) in [6.45, 7) is 14.1. The number of carbonyl (C=O) groups is 1. The zero-order chi connectivity index (χ0) is 37.2. The van der Waals surface area contributed by atoms with E-state index < -0.39 is 5.41 Å². The quantitative estimate of drug-likeness (QED) is 0.178. The Morgan fingerprint density at radius 3 is 1.64 bits per heavy atom. The lowest BCUT2D eigenvalue weighted by Crippen LogP contribution is -2.64. The van der Waals surface area contributed by atoms with Crippen LogP contribution in [0.4, 0.5) is 11.4 Å². The number of hydrogen-bond donors (Lipinski definition) is 0. The molecule has 4 aromatic carbocycles. The molecule has 0 aliphatic carbocycles. The van der Waals surface area contributed by atoms with E-state index in [1.807, 2.05) is 41.3 Å². The van der Waals surface area contributed by atoms with Gasteiger partial charge in [0.2, 0.25) is 5.91 Å². The first kappa shape index (κ1) is 36.9. The molecule has 0 unspecified atom stereocenters. The zero-order valence-corrected chi connectivity index (χ0v) is 32.2. The van der Waals surface area contributed by atoms with Crippen molar-refractivity contribution < 1.29 is 23.7 Å². The van der Waals surface area contributed by atoms with Gasteiger partial charge in [-0.25, -0.2) is 0 Å². The summed E-state index contributed by atoms with van der Waals surface area (Å²) in [6.07, 6.45) is 0. The lowest BCUT2D eigenvalue weighted by atomic mass is 9.74. The lowest BCUT2D eigenvalue weighted by Gasteiger charge is -2.48. The van der Waals surface area contributed by atoms with Crippen molar-refractivity contribution in [2.75, 3.05) is 97.3 Å². The van der Waals surface area contributed by atoms with E-state index in [1.54, 1.807) is 28.4 Å². The molecule has 4 aliphatic heterocycles. The molecule has 0 bridgehead atoms. The van der Waals surface area contributed by atoms with E-state index in [0.29, 0.717) is 13.2 Å². The van der Waals surface area contributed by atoms with E-state index in [4.69, 9.17) is 18.9 Å². The molecular formula is C44H54N4O5. The molecule has 0 aromatic heterocycles. The van der Waals surface area contributed by atoms with Gasteiger partial charge in [0.25, 0.3) is 0 Å². The van der Waals surface area contributed by atoms with Gasteiger partial charge in [-0.15, -0.1) is 0 Å². The van der Waals surface area contributed by atoms with Crippen LogP contribution in [0.5, 0.6) is 11.5 Å². The Kier molecular flexibility index (Phi) is 10.8. The molecule has 1 amide bonds. The van der Waals surface area contributed by atoms with Crippen LogP contribution in [0.2, 0.25) is 0 Å². The number of benzene rings is 4. The fraction of sp³-hybridized carbons (Fsp3) is 0.432. The van der Waals surface area contributed by atoms with Gasteiger partial charge in [0.1, 0.15) is 16.9 Å². The molecule has 2 saturated heterocycles. The fourth-order valence-electron chi connectivity index (χ4n) is 8.66. The lowest BCUT2D eigenvalue weighted by molar-refractivity contribution is -0.129. The number of methoxy groups -OCH3 is 4. The minimum atomic E-state index is -0.400. The average Bonchev–Trinajstić information content (AvgIpc) is 3.57. The third-order valence-electron chi connectivity index (χ3n) is 11.5. The van der Waals surface area contributed by atoms with Gasteiger partial charge in [-0.05, 0) is 83.6 Å². The molecule has 0 saturated carbocycles. The van der Waals surface area contributed by atoms with Gasteiger partial charge in [-0.1, -0.05) is 48.5 Å². The Hall–Kier alpha value is -4.41. The maximum Gasteiger partial charge on any atom is 0.240 e. The van der Waals surface area contributed by atoms with Crippen LogP contribution in [-0.2, 0) is 38.2 Å². The van der Waals surface area contributed by atoms with Gasteiger partial charge in [0, 0.05) is 83.4 Å². The Labute approximate surface area is 315 Å². The maximum absolute atomic E-state index is 13.5. The van der Waals surface area contributed by atoms with E-state index in [0.717, 1.165) is 81.7 Å². The van der Waals surface area contributed by atoms with E-state index in [-0.39, 0.29) is 11.3 Å². The molecular weight excluding hydrogens is 665 g/mol. The van der Waals surface area contributed by atoms with Crippen LogP contribution in [0, 0.1) is 13.8 Å². The smallest absolute Gasteiger partial charge is 0.240 e. The minimum Gasteiger partial charge on any atom is -0.497 e. The highest BCUT2D eigenvalue weighted by Gasteiger charge is 2.57. The van der Waals surface area contributed by atoms with E-state index in [1.165, 1.54) is 33.5 Å². The topological polar surface area (TPSA) is 67.0 Å². The number of fused-ring (bicyclic) bond motifs is 4. The van der Waals surface area contributed by atoms with Gasteiger partial charge in [0.05, 0.1) is 34.0 Å². The molecule has 4 aliphatic rings. The normalized spacial score (nSPS) is 18.0. The molecule has 0 N–H and O–H groups in total. The maximum atomic E-state index is 13.5. The fourth-order valence-corrected chi connectivity index (χ4v) is 8.66. The number of ether oxygens (including phenoxy) is 4. The van der Waals surface area contributed by atoms with E-state index in [9.17, 15) is 4.79 Å². The predicted molar refractivity (Wildman–Crippen MR) is 211 cm³/mol. The highest BCUT2D eigenvalue weighted by molar-refractivity contribution is 6.09. The second-order valence-corrected chi connectivity index (χ2v) is 15.3. The summed E-state index contributed by atoms with van der Waals surface area (Å²) >= 11 is 0. The molecule has 0 atom stereocenters. The van der Waals surface area contributed by atoms with Gasteiger partial charge in [0.15, 0.2) is 0 Å². The summed E-state index contributed by atoms with van der Waals surface area (Å²) in [5.74, 6) is 1.95. The first-order valence-corrected chi connectivity index (χ1v) is 18.7. The molecule has 0 radical (unpaired) electrons. The third-order valence-corrected chi connectivity index (χ3v) is 11.5. The van der Waals surface area contributed by atoms with Crippen molar-refractivity contribution >= 4 is 17.3 Å². The molecule has 2 spiro atoms. The summed E-state index contributed by atoms with van der Waals surface area (Å²) in [6, 6.07) is 29.7. The number of likely N-dealkylation sites (tertiary alicyclic amines) is 2. The number of aryl methyl sites for hydroxylation is 2. The molecule has 53 heavy (non-hydrogen) atoms. The van der Waals surface area contributed by atoms with E-state index in [2.05, 4.69) is 77.1 Å². The largest absolute Gasteiger partial charge is 0.497 e. The summed E-state index contributed by atoms with van der Waals surface area (Å²) in [7, 11) is 6.86. The van der Waals surface area contributed by atoms with Crippen LogP contribution in [-0.4, -0.2) is 103 Å². The van der Waals surface area contributed by atoms with Crippen molar-refractivity contribution in [2.45, 2.75) is 37.8 Å². The Morgan fingerprint density at radius 2 is 1.09 bits per heavy atom. The second kappa shape index (κ2) is 15.5. The summed E-state index contributed by atoms with van der Waals surface area (Å²) in [5.41, 5.74) is 9.96. The van der Waals surface area contributed by atoms with Gasteiger partial charge < -0.3 is 28.7 Å². The van der Waals surface area contributed by atoms with Crippen LogP contribution in [0.3, 0.4) is 0 Å². The number of amides is 1. The first-order valence-electron chi connectivity index (χ1n) is 18.7. The first-order chi connectivity index (χ1) is 25.7. The zero-order valence-electron chi connectivity index (χ0n) is 32.2. The molecule has 9 heteroatoms. The summed E-state index contributed by atoms with van der Waals surface area (Å²) in [5, 5.41) is 0. The van der Waals surface area contributed by atoms with Crippen LogP contribution < -0.4 is 19.3 Å². The van der Waals surface area contributed by atoms with Crippen LogP contribution in [0.25, 0.3) is 0 Å². The Bertz CT molecular complexity index is 1880. The molecule has 2 fully saturated rings. The standard InChI is InChI=1S/C22H26N2O3.C22H28N2O2/c1-16-4-9-19-20(12-16)24(13-17-5-7-18(27-3)8-6-17)21(25)22(19)14-23(15-22)10-11-26-2;1-17-4-9-20-21(12-17)24(13-18-5-7-19(26-3)8-6-18)16-22(20)14-23(15-22)10-11-25-2/h4-9,12H,10-11,13-15H2,1-3H3;4-9,12H,10-11,13-16H2,1-3H3. The number of nitrogens with zero attached hydrogens (tertiary/aromatic N) is 4. The van der Waals surface area contributed by atoms with Crippen molar-refractivity contribution in [1.82, 2.24) is 9.80 Å². The van der Waals surface area contributed by atoms with Crippen LogP contribution in [0.1, 0.15) is 33.4 Å². The van der Waals surface area contributed by atoms with Crippen molar-refractivity contribution in [1.29, 1.82) is 0 Å². The monoisotopic (exact) mass is 718 g/mol. The number of anilines is 2. The van der Waals surface area contributed by atoms with Gasteiger partial charge in [-0.2, -0.15) is 0 Å². The second-order valence-electron chi connectivity index (χ2n) is 15.3. The molecule has 8 rings (SSSR count). The van der Waals surface area contributed by atoms with E-state index >= 15 is 0 Å². The molecule has 4 aromatic rings. The summed E-state index contributed by atoms with van der Waals surface area (Å²) in [4.78, 5) is 22.8.